The average molecular weight is 378 g/mol. The quantitative estimate of drug-likeness (QED) is 0.742. The number of rotatable bonds is 3. The molecule has 1 aromatic carbocycles. The van der Waals surface area contributed by atoms with E-state index >= 15 is 0 Å². The molecule has 0 aliphatic carbocycles. The van der Waals surface area contributed by atoms with Gasteiger partial charge in [0.15, 0.2) is 4.96 Å². The molecule has 24 heavy (non-hydrogen) atoms. The van der Waals surface area contributed by atoms with Crippen molar-refractivity contribution in [3.05, 3.63) is 51.7 Å². The fourth-order valence-corrected chi connectivity index (χ4v) is 5.20. The summed E-state index contributed by atoms with van der Waals surface area (Å²) in [4.78, 5) is 19.1. The number of carbonyl (C=O) groups excluding carboxylic acids is 1. The van der Waals surface area contributed by atoms with Gasteiger partial charge in [-0.25, -0.2) is 4.98 Å². The largest absolute Gasteiger partial charge is 0.349 e. The normalized spacial score (nSPS) is 17.0. The van der Waals surface area contributed by atoms with E-state index < -0.39 is 0 Å². The molecule has 7 heteroatoms. The molecular weight excluding hydrogens is 362 g/mol. The van der Waals surface area contributed by atoms with Gasteiger partial charge >= 0.3 is 0 Å². The first-order valence-corrected chi connectivity index (χ1v) is 9.98. The Balaban J connectivity index is 1.52. The lowest BCUT2D eigenvalue weighted by Crippen LogP contribution is -2.32. The SMILES string of the molecule is Cc1cn2c(CC(=O)N[C@H]3CCSc4ccc(Cl)cc43)csc2n1. The summed E-state index contributed by atoms with van der Waals surface area (Å²) in [6.45, 7) is 1.96. The smallest absolute Gasteiger partial charge is 0.226 e. The molecule has 1 atom stereocenters. The number of fused-ring (bicyclic) bond motifs is 2. The van der Waals surface area contributed by atoms with Crippen molar-refractivity contribution in [3.63, 3.8) is 0 Å². The molecule has 0 fully saturated rings. The van der Waals surface area contributed by atoms with Gasteiger partial charge in [0, 0.05) is 32.9 Å². The van der Waals surface area contributed by atoms with Crippen LogP contribution in [0.1, 0.15) is 29.4 Å². The van der Waals surface area contributed by atoms with Crippen LogP contribution < -0.4 is 5.32 Å². The minimum absolute atomic E-state index is 0.0314. The standard InChI is InChI=1S/C17H16ClN3OS2/c1-10-8-21-12(9-24-17(21)19-10)7-16(22)20-14-4-5-23-15-3-2-11(18)6-13(14)15/h2-3,6,8-9,14H,4-5,7H2,1H3,(H,20,22)/t14-/m0/s1. The number of hydrogen-bond donors (Lipinski definition) is 1. The zero-order valence-corrected chi connectivity index (χ0v) is 15.5. The van der Waals surface area contributed by atoms with Crippen molar-refractivity contribution >= 4 is 45.6 Å². The Hall–Kier alpha value is -1.50. The lowest BCUT2D eigenvalue weighted by atomic mass is 10.0. The third kappa shape index (κ3) is 3.06. The lowest BCUT2D eigenvalue weighted by Gasteiger charge is -2.26. The van der Waals surface area contributed by atoms with Crippen molar-refractivity contribution in [1.82, 2.24) is 14.7 Å². The van der Waals surface area contributed by atoms with E-state index in [2.05, 4.69) is 10.3 Å². The molecule has 3 aromatic rings. The highest BCUT2D eigenvalue weighted by Crippen LogP contribution is 2.37. The van der Waals surface area contributed by atoms with Crippen molar-refractivity contribution in [3.8, 4) is 0 Å². The third-order valence-corrected chi connectivity index (χ3v) is 6.34. The topological polar surface area (TPSA) is 46.4 Å². The number of benzene rings is 1. The molecule has 2 aromatic heterocycles. The Labute approximate surface area is 153 Å². The van der Waals surface area contributed by atoms with E-state index in [1.165, 1.54) is 4.90 Å². The number of aryl methyl sites for hydroxylation is 1. The number of imidazole rings is 1. The summed E-state index contributed by atoms with van der Waals surface area (Å²) >= 11 is 9.51. The molecule has 0 saturated heterocycles. The first kappa shape index (κ1) is 16.0. The van der Waals surface area contributed by atoms with Crippen molar-refractivity contribution in [2.45, 2.75) is 30.7 Å². The van der Waals surface area contributed by atoms with Gasteiger partial charge in [-0.1, -0.05) is 11.6 Å². The summed E-state index contributed by atoms with van der Waals surface area (Å²) in [5.74, 6) is 1.03. The fraction of sp³-hybridized carbons (Fsp3) is 0.294. The molecule has 4 nitrogen and oxygen atoms in total. The second kappa shape index (κ2) is 6.43. The molecule has 4 rings (SSSR count). The maximum Gasteiger partial charge on any atom is 0.226 e. The summed E-state index contributed by atoms with van der Waals surface area (Å²) in [6, 6.07) is 5.94. The fourth-order valence-electron chi connectivity index (χ4n) is 2.99. The van der Waals surface area contributed by atoms with Gasteiger partial charge in [-0.2, -0.15) is 0 Å². The molecule has 0 radical (unpaired) electrons. The number of thiazole rings is 1. The predicted molar refractivity (Wildman–Crippen MR) is 99.2 cm³/mol. The van der Waals surface area contributed by atoms with Crippen LogP contribution in [0.4, 0.5) is 0 Å². The predicted octanol–water partition coefficient (Wildman–Crippen LogP) is 4.25. The molecule has 1 amide bonds. The number of nitrogens with zero attached hydrogens (tertiary/aromatic N) is 2. The number of carbonyl (C=O) groups is 1. The molecule has 1 N–H and O–H groups in total. The summed E-state index contributed by atoms with van der Waals surface area (Å²) in [7, 11) is 0. The minimum Gasteiger partial charge on any atom is -0.349 e. The molecule has 124 valence electrons. The number of aromatic nitrogens is 2. The zero-order chi connectivity index (χ0) is 16.7. The van der Waals surface area contributed by atoms with Crippen molar-refractivity contribution in [1.29, 1.82) is 0 Å². The lowest BCUT2D eigenvalue weighted by molar-refractivity contribution is -0.121. The van der Waals surface area contributed by atoms with E-state index in [4.69, 9.17) is 11.6 Å². The van der Waals surface area contributed by atoms with Crippen LogP contribution in [0.2, 0.25) is 5.02 Å². The second-order valence-electron chi connectivity index (χ2n) is 5.88. The Kier molecular flexibility index (Phi) is 4.28. The van der Waals surface area contributed by atoms with Crippen molar-refractivity contribution in [2.24, 2.45) is 0 Å². The molecule has 1 aliphatic heterocycles. The van der Waals surface area contributed by atoms with Gasteiger partial charge in [-0.15, -0.1) is 23.1 Å². The number of amides is 1. The number of nitrogens with one attached hydrogen (secondary N) is 1. The Morgan fingerprint density at radius 2 is 2.38 bits per heavy atom. The molecule has 0 spiro atoms. The Morgan fingerprint density at radius 3 is 3.25 bits per heavy atom. The van der Waals surface area contributed by atoms with Crippen molar-refractivity contribution in [2.75, 3.05) is 5.75 Å². The average Bonchev–Trinajstić information content (AvgIpc) is 3.08. The molecule has 1 aliphatic rings. The highest BCUT2D eigenvalue weighted by atomic mass is 35.5. The number of halogens is 1. The van der Waals surface area contributed by atoms with Gasteiger partial charge in [-0.3, -0.25) is 9.20 Å². The van der Waals surface area contributed by atoms with Crippen LogP contribution in [0.25, 0.3) is 4.96 Å². The number of thioether (sulfide) groups is 1. The van der Waals surface area contributed by atoms with Gasteiger partial charge in [0.05, 0.1) is 18.2 Å². The highest BCUT2D eigenvalue weighted by Gasteiger charge is 2.23. The van der Waals surface area contributed by atoms with E-state index in [1.807, 2.05) is 52.9 Å². The van der Waals surface area contributed by atoms with E-state index in [0.29, 0.717) is 11.4 Å². The summed E-state index contributed by atoms with van der Waals surface area (Å²) in [6.07, 6.45) is 3.25. The van der Waals surface area contributed by atoms with Crippen LogP contribution >= 0.6 is 34.7 Å². The van der Waals surface area contributed by atoms with Gasteiger partial charge in [0.2, 0.25) is 5.91 Å². The first-order valence-electron chi connectivity index (χ1n) is 7.74. The molecular formula is C17H16ClN3OS2. The second-order valence-corrected chi connectivity index (χ2v) is 8.29. The molecule has 0 unspecified atom stereocenters. The van der Waals surface area contributed by atoms with Crippen LogP contribution in [0, 0.1) is 6.92 Å². The highest BCUT2D eigenvalue weighted by molar-refractivity contribution is 7.99. The van der Waals surface area contributed by atoms with Crippen LogP contribution in [-0.4, -0.2) is 21.0 Å². The van der Waals surface area contributed by atoms with Gasteiger partial charge < -0.3 is 5.32 Å². The monoisotopic (exact) mass is 377 g/mol. The maximum atomic E-state index is 12.5. The molecule has 3 heterocycles. The van der Waals surface area contributed by atoms with Crippen LogP contribution in [0.15, 0.2) is 34.7 Å². The third-order valence-electron chi connectivity index (χ3n) is 4.09. The molecule has 0 bridgehead atoms. The zero-order valence-electron chi connectivity index (χ0n) is 13.1. The van der Waals surface area contributed by atoms with Gasteiger partial charge in [-0.05, 0) is 37.1 Å². The van der Waals surface area contributed by atoms with Gasteiger partial charge in [0.1, 0.15) is 0 Å². The summed E-state index contributed by atoms with van der Waals surface area (Å²) < 4.78 is 2.00. The van der Waals surface area contributed by atoms with E-state index in [9.17, 15) is 4.79 Å². The summed E-state index contributed by atoms with van der Waals surface area (Å²) in [5, 5.41) is 5.89. The number of hydrogen-bond acceptors (Lipinski definition) is 4. The maximum absolute atomic E-state index is 12.5. The van der Waals surface area contributed by atoms with Crippen LogP contribution in [0.5, 0.6) is 0 Å². The van der Waals surface area contributed by atoms with Gasteiger partial charge in [0.25, 0.3) is 0 Å². The first-order chi connectivity index (χ1) is 11.6. The Morgan fingerprint density at radius 1 is 1.50 bits per heavy atom. The van der Waals surface area contributed by atoms with Crippen molar-refractivity contribution < 1.29 is 4.79 Å². The van der Waals surface area contributed by atoms with Crippen LogP contribution in [0.3, 0.4) is 0 Å². The van der Waals surface area contributed by atoms with E-state index in [1.54, 1.807) is 11.3 Å². The van der Waals surface area contributed by atoms with E-state index in [0.717, 1.165) is 34.1 Å². The minimum atomic E-state index is 0.0314. The van der Waals surface area contributed by atoms with E-state index in [-0.39, 0.29) is 11.9 Å². The Bertz CT molecular complexity index is 918. The molecule has 0 saturated carbocycles. The summed E-state index contributed by atoms with van der Waals surface area (Å²) in [5.41, 5.74) is 3.07. The van der Waals surface area contributed by atoms with Crippen LogP contribution in [-0.2, 0) is 11.2 Å².